The van der Waals surface area contributed by atoms with Gasteiger partial charge in [0.2, 0.25) is 11.2 Å². The zero-order valence-electron chi connectivity index (χ0n) is 24.9. The van der Waals surface area contributed by atoms with Gasteiger partial charge in [0.1, 0.15) is 18.0 Å². The van der Waals surface area contributed by atoms with Crippen LogP contribution >= 0.6 is 11.6 Å². The van der Waals surface area contributed by atoms with E-state index >= 15 is 0 Å². The highest BCUT2D eigenvalue weighted by atomic mass is 35.5. The molecule has 1 fully saturated rings. The van der Waals surface area contributed by atoms with Gasteiger partial charge < -0.3 is 18.8 Å². The van der Waals surface area contributed by atoms with E-state index in [9.17, 15) is 22.8 Å². The van der Waals surface area contributed by atoms with Crippen LogP contribution in [0.1, 0.15) is 67.8 Å². The summed E-state index contributed by atoms with van der Waals surface area (Å²) in [5.74, 6) is -2.68. The highest BCUT2D eigenvalue weighted by Gasteiger charge is 2.41. The largest absolute Gasteiger partial charge is 0.453 e. The molecule has 10 heteroatoms. The Labute approximate surface area is 258 Å². The third-order valence-corrected chi connectivity index (χ3v) is 8.22. The highest BCUT2D eigenvalue weighted by Crippen LogP contribution is 2.40. The third kappa shape index (κ3) is 6.94. The molecule has 1 saturated heterocycles. The molecule has 5 rings (SSSR count). The summed E-state index contributed by atoms with van der Waals surface area (Å²) in [5, 5.41) is 0.237. The van der Waals surface area contributed by atoms with Crippen LogP contribution in [-0.2, 0) is 18.1 Å². The molecule has 1 aromatic heterocycles. The van der Waals surface area contributed by atoms with Crippen LogP contribution in [-0.4, -0.2) is 19.1 Å². The Morgan fingerprint density at radius 3 is 2.20 bits per heavy atom. The van der Waals surface area contributed by atoms with Gasteiger partial charge >= 0.3 is 12.1 Å². The average molecular weight is 629 g/mol. The molecule has 0 spiro atoms. The van der Waals surface area contributed by atoms with Gasteiger partial charge in [-0.2, -0.15) is 13.2 Å². The molecule has 232 valence electrons. The number of piperidine rings is 1. The van der Waals surface area contributed by atoms with E-state index in [1.807, 2.05) is 12.1 Å². The van der Waals surface area contributed by atoms with E-state index in [4.69, 9.17) is 25.5 Å². The number of carbonyl (C=O) groups is 1. The van der Waals surface area contributed by atoms with E-state index in [1.54, 1.807) is 12.1 Å². The Balaban J connectivity index is 1.61. The van der Waals surface area contributed by atoms with Crippen LogP contribution in [0.25, 0.3) is 11.0 Å². The fraction of sp³-hybridized carbons (Fsp3) is 0.353. The lowest BCUT2D eigenvalue weighted by Crippen LogP contribution is -3.11. The van der Waals surface area contributed by atoms with Crippen molar-refractivity contribution in [3.8, 4) is 17.2 Å². The second-order valence-electron chi connectivity index (χ2n) is 12.4. The molecule has 0 unspecified atom stereocenters. The van der Waals surface area contributed by atoms with Gasteiger partial charge in [0, 0.05) is 5.02 Å². The summed E-state index contributed by atoms with van der Waals surface area (Å²) in [6.45, 7) is 10.1. The van der Waals surface area contributed by atoms with Gasteiger partial charge in [-0.05, 0) is 78.3 Å². The smallest absolute Gasteiger partial charge is 0.449 e. The molecule has 1 aliphatic rings. The Hall–Kier alpha value is -3.82. The van der Waals surface area contributed by atoms with Gasteiger partial charge in [-0.3, -0.25) is 4.79 Å². The molecule has 6 nitrogen and oxygen atoms in total. The average Bonchev–Trinajstić information content (AvgIpc) is 2.96. The molecule has 1 N–H and O–H groups in total. The van der Waals surface area contributed by atoms with Crippen molar-refractivity contribution in [3.63, 3.8) is 0 Å². The number of likely N-dealkylation sites (tertiary alicyclic amines) is 1. The second-order valence-corrected chi connectivity index (χ2v) is 12.8. The maximum atomic E-state index is 14.4. The van der Waals surface area contributed by atoms with Crippen molar-refractivity contribution in [2.45, 2.75) is 58.7 Å². The lowest BCUT2D eigenvalue weighted by atomic mass is 9.87. The summed E-state index contributed by atoms with van der Waals surface area (Å²) in [6.07, 6.45) is -3.18. The van der Waals surface area contributed by atoms with Crippen molar-refractivity contribution in [3.05, 3.63) is 98.4 Å². The minimum Gasteiger partial charge on any atom is -0.449 e. The number of quaternary nitrogens is 1. The molecule has 2 heterocycles. The fourth-order valence-electron chi connectivity index (χ4n) is 5.30. The SMILES string of the molecule is CC1CC[NH+](Cc2c(OC(=O)c3ccc(C(C)(C)C)cc3)ccc3c(=O)c(Oc4ccc(Cl)cc4)c(C(F)(F)F)oc23)CC1. The first-order chi connectivity index (χ1) is 20.7. The van der Waals surface area contributed by atoms with E-state index in [2.05, 4.69) is 27.7 Å². The lowest BCUT2D eigenvalue weighted by molar-refractivity contribution is -0.919. The first-order valence-corrected chi connectivity index (χ1v) is 14.9. The number of benzene rings is 3. The van der Waals surface area contributed by atoms with Crippen LogP contribution in [0.2, 0.25) is 5.02 Å². The molecule has 44 heavy (non-hydrogen) atoms. The van der Waals surface area contributed by atoms with E-state index in [0.29, 0.717) is 10.9 Å². The van der Waals surface area contributed by atoms with E-state index < -0.39 is 29.1 Å². The zero-order chi connectivity index (χ0) is 31.8. The number of rotatable bonds is 6. The molecular weight excluding hydrogens is 595 g/mol. The highest BCUT2D eigenvalue weighted by molar-refractivity contribution is 6.30. The summed E-state index contributed by atoms with van der Waals surface area (Å²) in [6, 6.07) is 15.3. The van der Waals surface area contributed by atoms with Crippen molar-refractivity contribution in [1.82, 2.24) is 0 Å². The molecule has 0 saturated carbocycles. The van der Waals surface area contributed by atoms with Gasteiger partial charge in [0.15, 0.2) is 5.58 Å². The monoisotopic (exact) mass is 628 g/mol. The van der Waals surface area contributed by atoms with Gasteiger partial charge in [-0.1, -0.05) is 51.4 Å². The Kier molecular flexibility index (Phi) is 8.82. The van der Waals surface area contributed by atoms with E-state index in [-0.39, 0.29) is 45.6 Å². The van der Waals surface area contributed by atoms with E-state index in [0.717, 1.165) is 36.4 Å². The quantitative estimate of drug-likeness (QED) is 0.176. The van der Waals surface area contributed by atoms with Crippen molar-refractivity contribution in [2.75, 3.05) is 13.1 Å². The summed E-state index contributed by atoms with van der Waals surface area (Å²) < 4.78 is 59.9. The fourth-order valence-corrected chi connectivity index (χ4v) is 5.43. The summed E-state index contributed by atoms with van der Waals surface area (Å²) in [7, 11) is 0. The summed E-state index contributed by atoms with van der Waals surface area (Å²) in [5.41, 5.74) is 0.131. The van der Waals surface area contributed by atoms with Crippen LogP contribution in [0.5, 0.6) is 17.2 Å². The van der Waals surface area contributed by atoms with Crippen LogP contribution < -0.4 is 19.8 Å². The number of halogens is 4. The van der Waals surface area contributed by atoms with Crippen molar-refractivity contribution >= 4 is 28.5 Å². The lowest BCUT2D eigenvalue weighted by Gasteiger charge is -2.28. The van der Waals surface area contributed by atoms with Crippen molar-refractivity contribution < 1.29 is 36.8 Å². The normalized spacial score (nSPS) is 17.5. The standard InChI is InChI=1S/C34H33ClF3NO5/c1-20-15-17-39(18-16-20)19-26-27(43-32(41)21-5-7-22(8-6-21)33(2,3)4)14-13-25-28(40)30(31(34(36,37)38)44-29(25)26)42-24-11-9-23(35)10-12-24/h5-14,20H,15-19H2,1-4H3/p+1. The minimum atomic E-state index is -5.05. The molecule has 0 bridgehead atoms. The number of esters is 1. The molecule has 1 aliphatic heterocycles. The number of hydrogen-bond acceptors (Lipinski definition) is 5. The number of nitrogens with one attached hydrogen (secondary N) is 1. The maximum absolute atomic E-state index is 14.4. The summed E-state index contributed by atoms with van der Waals surface area (Å²) in [4.78, 5) is 27.9. The predicted octanol–water partition coefficient (Wildman–Crippen LogP) is 7.59. The molecule has 0 aliphatic carbocycles. The topological polar surface area (TPSA) is 70.2 Å². The van der Waals surface area contributed by atoms with Gasteiger partial charge in [0.25, 0.3) is 5.76 Å². The van der Waals surface area contributed by atoms with Crippen LogP contribution in [0, 0.1) is 5.92 Å². The number of carbonyl (C=O) groups excluding carboxylic acids is 1. The van der Waals surface area contributed by atoms with Crippen LogP contribution in [0.15, 0.2) is 69.9 Å². The molecule has 4 aromatic rings. The number of hydrogen-bond donors (Lipinski definition) is 1. The zero-order valence-corrected chi connectivity index (χ0v) is 25.7. The van der Waals surface area contributed by atoms with E-state index in [1.165, 1.54) is 36.4 Å². The number of fused-ring (bicyclic) bond motifs is 1. The van der Waals surface area contributed by atoms with Gasteiger partial charge in [0.05, 0.1) is 29.6 Å². The third-order valence-electron chi connectivity index (χ3n) is 7.97. The first kappa shape index (κ1) is 31.6. The number of alkyl halides is 3. The Bertz CT molecular complexity index is 1720. The van der Waals surface area contributed by atoms with Crippen molar-refractivity contribution in [1.29, 1.82) is 0 Å². The molecule has 0 atom stereocenters. The Morgan fingerprint density at radius 1 is 0.977 bits per heavy atom. The van der Waals surface area contributed by atoms with Crippen LogP contribution in [0.4, 0.5) is 13.2 Å². The Morgan fingerprint density at radius 2 is 1.61 bits per heavy atom. The van der Waals surface area contributed by atoms with Gasteiger partial charge in [-0.15, -0.1) is 0 Å². The van der Waals surface area contributed by atoms with Crippen molar-refractivity contribution in [2.24, 2.45) is 5.92 Å². The maximum Gasteiger partial charge on any atom is 0.453 e. The predicted molar refractivity (Wildman–Crippen MR) is 162 cm³/mol. The van der Waals surface area contributed by atoms with Crippen LogP contribution in [0.3, 0.4) is 0 Å². The molecule has 0 radical (unpaired) electrons. The minimum absolute atomic E-state index is 0.0123. The summed E-state index contributed by atoms with van der Waals surface area (Å²) >= 11 is 5.89. The molecule has 3 aromatic carbocycles. The van der Waals surface area contributed by atoms with Gasteiger partial charge in [-0.25, -0.2) is 4.79 Å². The molecule has 0 amide bonds. The second kappa shape index (κ2) is 12.3. The first-order valence-electron chi connectivity index (χ1n) is 14.5. The number of ether oxygens (including phenoxy) is 2. The molecular formula is C34H34ClF3NO5+.